The van der Waals surface area contributed by atoms with Gasteiger partial charge in [-0.15, -0.1) is 11.8 Å². The summed E-state index contributed by atoms with van der Waals surface area (Å²) in [5.74, 6) is -1.67. The average Bonchev–Trinajstić information content (AvgIpc) is 3.30. The van der Waals surface area contributed by atoms with E-state index in [4.69, 9.17) is 0 Å². The van der Waals surface area contributed by atoms with Gasteiger partial charge in [0.15, 0.2) is 10.9 Å². The molecule has 0 fully saturated rings. The predicted octanol–water partition coefficient (Wildman–Crippen LogP) is 5.46. The van der Waals surface area contributed by atoms with Crippen molar-refractivity contribution in [2.75, 3.05) is 17.7 Å². The SMILES string of the molecule is CSc1ccc(C(=O)N(CCn2nc(C)cc2C)c2nc3c(F)cc(F)cc3s2)cc1. The van der Waals surface area contributed by atoms with Crippen LogP contribution in [0, 0.1) is 25.5 Å². The molecule has 0 aliphatic heterocycles. The predicted molar refractivity (Wildman–Crippen MR) is 121 cm³/mol. The molecule has 0 spiro atoms. The minimum Gasteiger partial charge on any atom is -0.282 e. The maximum absolute atomic E-state index is 14.2. The van der Waals surface area contributed by atoms with Crippen molar-refractivity contribution >= 4 is 44.4 Å². The lowest BCUT2D eigenvalue weighted by Gasteiger charge is -2.20. The van der Waals surface area contributed by atoms with Crippen molar-refractivity contribution in [1.82, 2.24) is 14.8 Å². The number of carbonyl (C=O) groups is 1. The van der Waals surface area contributed by atoms with Gasteiger partial charge in [0.1, 0.15) is 11.3 Å². The molecule has 160 valence electrons. The molecule has 5 nitrogen and oxygen atoms in total. The Hall–Kier alpha value is -2.78. The Labute approximate surface area is 186 Å². The smallest absolute Gasteiger partial charge is 0.260 e. The van der Waals surface area contributed by atoms with E-state index in [9.17, 15) is 13.6 Å². The Morgan fingerprint density at radius 2 is 1.90 bits per heavy atom. The van der Waals surface area contributed by atoms with Crippen LogP contribution in [0.3, 0.4) is 0 Å². The highest BCUT2D eigenvalue weighted by Crippen LogP contribution is 2.32. The van der Waals surface area contributed by atoms with Crippen LogP contribution in [0.15, 0.2) is 47.4 Å². The van der Waals surface area contributed by atoms with Crippen molar-refractivity contribution in [1.29, 1.82) is 0 Å². The number of thioether (sulfide) groups is 1. The fourth-order valence-corrected chi connectivity index (χ4v) is 4.77. The number of hydrogen-bond donors (Lipinski definition) is 0. The van der Waals surface area contributed by atoms with Crippen LogP contribution in [-0.4, -0.2) is 33.5 Å². The number of aryl methyl sites for hydroxylation is 2. The molecule has 2 aromatic carbocycles. The summed E-state index contributed by atoms with van der Waals surface area (Å²) in [6.45, 7) is 4.59. The third-order valence-corrected chi connectivity index (χ3v) is 6.62. The van der Waals surface area contributed by atoms with Crippen molar-refractivity contribution in [3.63, 3.8) is 0 Å². The molecular formula is C22H20F2N4OS2. The number of carbonyl (C=O) groups excluding carboxylic acids is 1. The Bertz CT molecular complexity index is 1250. The Kier molecular flexibility index (Phi) is 6.06. The van der Waals surface area contributed by atoms with Gasteiger partial charge >= 0.3 is 0 Å². The van der Waals surface area contributed by atoms with Crippen LogP contribution < -0.4 is 4.90 Å². The molecule has 0 saturated carbocycles. The lowest BCUT2D eigenvalue weighted by atomic mass is 10.2. The zero-order valence-corrected chi connectivity index (χ0v) is 18.9. The first-order valence-corrected chi connectivity index (χ1v) is 11.6. The van der Waals surface area contributed by atoms with Gasteiger partial charge in [-0.1, -0.05) is 11.3 Å². The summed E-state index contributed by atoms with van der Waals surface area (Å²) in [4.78, 5) is 20.2. The monoisotopic (exact) mass is 458 g/mol. The standard InChI is InChI=1S/C22H20F2N4OS2/c1-13-10-14(2)28(26-13)9-8-27(21(29)15-4-6-17(30-3)7-5-15)22-25-20-18(24)11-16(23)12-19(20)31-22/h4-7,10-12H,8-9H2,1-3H3. The van der Waals surface area contributed by atoms with Crippen LogP contribution in [0.4, 0.5) is 13.9 Å². The molecular weight excluding hydrogens is 438 g/mol. The van der Waals surface area contributed by atoms with Crippen LogP contribution in [-0.2, 0) is 6.54 Å². The second-order valence-corrected chi connectivity index (χ2v) is 8.96. The largest absolute Gasteiger partial charge is 0.282 e. The van der Waals surface area contributed by atoms with Gasteiger partial charge in [0.05, 0.1) is 16.9 Å². The number of rotatable bonds is 6. The van der Waals surface area contributed by atoms with E-state index < -0.39 is 11.6 Å². The second-order valence-electron chi connectivity index (χ2n) is 7.07. The van der Waals surface area contributed by atoms with Gasteiger partial charge in [-0.05, 0) is 56.5 Å². The molecule has 2 aromatic heterocycles. The summed E-state index contributed by atoms with van der Waals surface area (Å²) in [5, 5.41) is 4.77. The third kappa shape index (κ3) is 4.47. The molecule has 0 saturated heterocycles. The minimum absolute atomic E-state index is 0.0584. The topological polar surface area (TPSA) is 51.0 Å². The van der Waals surface area contributed by atoms with Crippen LogP contribution in [0.1, 0.15) is 21.7 Å². The highest BCUT2D eigenvalue weighted by Gasteiger charge is 2.23. The lowest BCUT2D eigenvalue weighted by Crippen LogP contribution is -2.34. The first-order chi connectivity index (χ1) is 14.9. The van der Waals surface area contributed by atoms with Crippen LogP contribution >= 0.6 is 23.1 Å². The Balaban J connectivity index is 1.71. The fraction of sp³-hybridized carbons (Fsp3) is 0.227. The van der Waals surface area contributed by atoms with Gasteiger partial charge in [-0.2, -0.15) is 5.10 Å². The second kappa shape index (κ2) is 8.76. The number of benzene rings is 2. The molecule has 0 aliphatic carbocycles. The van der Waals surface area contributed by atoms with Crippen molar-refractivity contribution < 1.29 is 13.6 Å². The molecule has 0 unspecified atom stereocenters. The van der Waals surface area contributed by atoms with Gasteiger partial charge in [-0.25, -0.2) is 13.8 Å². The summed E-state index contributed by atoms with van der Waals surface area (Å²) >= 11 is 2.68. The lowest BCUT2D eigenvalue weighted by molar-refractivity contribution is 0.0985. The molecule has 1 amide bonds. The van der Waals surface area contributed by atoms with Gasteiger partial charge < -0.3 is 0 Å². The highest BCUT2D eigenvalue weighted by molar-refractivity contribution is 7.98. The molecule has 4 aromatic rings. The fourth-order valence-electron chi connectivity index (χ4n) is 3.33. The van der Waals surface area contributed by atoms with E-state index in [1.807, 2.05) is 43.0 Å². The molecule has 4 rings (SSSR count). The van der Waals surface area contributed by atoms with E-state index >= 15 is 0 Å². The zero-order chi connectivity index (χ0) is 22.1. The van der Waals surface area contributed by atoms with Crippen molar-refractivity contribution in [2.24, 2.45) is 0 Å². The molecule has 31 heavy (non-hydrogen) atoms. The van der Waals surface area contributed by atoms with Crippen LogP contribution in [0.25, 0.3) is 10.2 Å². The first kappa shape index (κ1) is 21.5. The summed E-state index contributed by atoms with van der Waals surface area (Å²) in [5.41, 5.74) is 2.42. The number of hydrogen-bond acceptors (Lipinski definition) is 5. The summed E-state index contributed by atoms with van der Waals surface area (Å²) < 4.78 is 30.1. The van der Waals surface area contributed by atoms with Crippen molar-refractivity contribution in [2.45, 2.75) is 25.3 Å². The number of fused-ring (bicyclic) bond motifs is 1. The first-order valence-electron chi connectivity index (χ1n) is 9.58. The number of aromatic nitrogens is 3. The van der Waals surface area contributed by atoms with Gasteiger partial charge in [0.2, 0.25) is 0 Å². The number of halogens is 2. The van der Waals surface area contributed by atoms with E-state index in [2.05, 4.69) is 10.1 Å². The maximum atomic E-state index is 14.2. The molecule has 0 aliphatic rings. The summed E-state index contributed by atoms with van der Waals surface area (Å²) in [6.07, 6.45) is 1.96. The highest BCUT2D eigenvalue weighted by atomic mass is 32.2. The van der Waals surface area contributed by atoms with Crippen LogP contribution in [0.2, 0.25) is 0 Å². The number of anilines is 1. The van der Waals surface area contributed by atoms with E-state index in [1.54, 1.807) is 23.9 Å². The quantitative estimate of drug-likeness (QED) is 0.360. The van der Waals surface area contributed by atoms with Crippen molar-refractivity contribution in [3.8, 4) is 0 Å². The maximum Gasteiger partial charge on any atom is 0.260 e. The zero-order valence-electron chi connectivity index (χ0n) is 17.2. The molecule has 0 atom stereocenters. The molecule has 0 radical (unpaired) electrons. The van der Waals surface area contributed by atoms with Gasteiger partial charge in [0, 0.05) is 28.8 Å². The molecule has 0 N–H and O–H groups in total. The van der Waals surface area contributed by atoms with Crippen molar-refractivity contribution in [3.05, 3.63) is 71.1 Å². The van der Waals surface area contributed by atoms with Crippen LogP contribution in [0.5, 0.6) is 0 Å². The van der Waals surface area contributed by atoms with E-state index in [0.29, 0.717) is 21.9 Å². The normalized spacial score (nSPS) is 11.3. The Morgan fingerprint density at radius 3 is 2.55 bits per heavy atom. The number of thiazole rings is 1. The van der Waals surface area contributed by atoms with Gasteiger partial charge in [-0.3, -0.25) is 14.4 Å². The number of amides is 1. The van der Waals surface area contributed by atoms with E-state index in [-0.39, 0.29) is 18.0 Å². The molecule has 0 bridgehead atoms. The van der Waals surface area contributed by atoms with Gasteiger partial charge in [0.25, 0.3) is 5.91 Å². The van der Waals surface area contributed by atoms with E-state index in [1.165, 1.54) is 11.0 Å². The summed E-state index contributed by atoms with van der Waals surface area (Å²) in [7, 11) is 0. The molecule has 9 heteroatoms. The minimum atomic E-state index is -0.743. The number of nitrogens with zero attached hydrogens (tertiary/aromatic N) is 4. The summed E-state index contributed by atoms with van der Waals surface area (Å²) in [6, 6.07) is 11.3. The average molecular weight is 459 g/mol. The third-order valence-electron chi connectivity index (χ3n) is 4.85. The Morgan fingerprint density at radius 1 is 1.16 bits per heavy atom. The molecule has 2 heterocycles. The van der Waals surface area contributed by atoms with E-state index in [0.717, 1.165) is 33.7 Å².